The number of rotatable bonds is 4. The predicted molar refractivity (Wildman–Crippen MR) is 56.4 cm³/mol. The van der Waals surface area contributed by atoms with Crippen molar-refractivity contribution in [1.29, 1.82) is 0 Å². The van der Waals surface area contributed by atoms with Crippen molar-refractivity contribution in [3.8, 4) is 0 Å². The molecule has 1 aromatic heterocycles. The van der Waals surface area contributed by atoms with Crippen LogP contribution in [0, 0.1) is 0 Å². The second kappa shape index (κ2) is 4.06. The summed E-state index contributed by atoms with van der Waals surface area (Å²) in [4.78, 5) is 26.3. The first-order chi connectivity index (χ1) is 7.74. The van der Waals surface area contributed by atoms with Crippen LogP contribution < -0.4 is 4.84 Å². The molecule has 0 saturated heterocycles. The molecule has 0 spiro atoms. The van der Waals surface area contributed by atoms with E-state index >= 15 is 0 Å². The number of carbonyl (C=O) groups is 2. The van der Waals surface area contributed by atoms with Gasteiger partial charge in [-0.1, -0.05) is 18.2 Å². The minimum atomic E-state index is -1.10. The summed E-state index contributed by atoms with van der Waals surface area (Å²) in [5.74, 6) is -1.10. The fraction of sp³-hybridized carbons (Fsp3) is 0.0909. The summed E-state index contributed by atoms with van der Waals surface area (Å²) in [6.45, 7) is -0.182. The Morgan fingerprint density at radius 3 is 2.88 bits per heavy atom. The number of carboxylic acid groups (broad SMARTS) is 1. The van der Waals surface area contributed by atoms with Crippen molar-refractivity contribution in [1.82, 2.24) is 4.73 Å². The van der Waals surface area contributed by atoms with Gasteiger partial charge in [-0.05, 0) is 12.1 Å². The van der Waals surface area contributed by atoms with Crippen molar-refractivity contribution in [2.45, 2.75) is 0 Å². The van der Waals surface area contributed by atoms with Crippen molar-refractivity contribution in [3.05, 3.63) is 36.0 Å². The first kappa shape index (κ1) is 10.2. The quantitative estimate of drug-likeness (QED) is 0.778. The molecule has 0 aliphatic carbocycles. The molecular formula is C11H9NO4. The Bertz CT molecular complexity index is 544. The predicted octanol–water partition coefficient (Wildman–Crippen LogP) is 0.967. The SMILES string of the molecule is O=CCOn1c(C(=O)O)cc2ccccc21. The van der Waals surface area contributed by atoms with E-state index < -0.39 is 5.97 Å². The molecule has 5 heteroatoms. The fourth-order valence-corrected chi connectivity index (χ4v) is 1.52. The molecule has 0 unspecified atom stereocenters. The number of hydrogen-bond donors (Lipinski definition) is 1. The highest BCUT2D eigenvalue weighted by atomic mass is 16.7. The van der Waals surface area contributed by atoms with E-state index in [2.05, 4.69) is 0 Å². The van der Waals surface area contributed by atoms with Crippen LogP contribution in [0.5, 0.6) is 0 Å². The number of fused-ring (bicyclic) bond motifs is 1. The molecule has 82 valence electrons. The van der Waals surface area contributed by atoms with Crippen molar-refractivity contribution >= 4 is 23.2 Å². The number of aromatic carboxylic acids is 1. The zero-order chi connectivity index (χ0) is 11.5. The van der Waals surface area contributed by atoms with E-state index in [0.717, 1.165) is 10.1 Å². The Kier molecular flexibility index (Phi) is 2.59. The Morgan fingerprint density at radius 2 is 2.19 bits per heavy atom. The topological polar surface area (TPSA) is 68.5 Å². The van der Waals surface area contributed by atoms with Crippen LogP contribution in [0.15, 0.2) is 30.3 Å². The minimum absolute atomic E-state index is 0.00282. The molecule has 0 amide bonds. The van der Waals surface area contributed by atoms with Crippen molar-refractivity contribution in [3.63, 3.8) is 0 Å². The van der Waals surface area contributed by atoms with Gasteiger partial charge in [0.15, 0.2) is 18.6 Å². The highest BCUT2D eigenvalue weighted by Crippen LogP contribution is 2.18. The van der Waals surface area contributed by atoms with Gasteiger partial charge in [-0.2, -0.15) is 4.73 Å². The third-order valence-electron chi connectivity index (χ3n) is 2.16. The summed E-state index contributed by atoms with van der Waals surface area (Å²) in [5.41, 5.74) is 0.629. The van der Waals surface area contributed by atoms with Gasteiger partial charge in [-0.3, -0.25) is 4.79 Å². The van der Waals surface area contributed by atoms with Gasteiger partial charge in [-0.15, -0.1) is 0 Å². The average Bonchev–Trinajstić information content (AvgIpc) is 2.65. The second-order valence-corrected chi connectivity index (χ2v) is 3.15. The van der Waals surface area contributed by atoms with Crippen molar-refractivity contribution in [2.24, 2.45) is 0 Å². The summed E-state index contributed by atoms with van der Waals surface area (Å²) < 4.78 is 1.16. The van der Waals surface area contributed by atoms with Crippen LogP contribution >= 0.6 is 0 Å². The zero-order valence-corrected chi connectivity index (χ0v) is 8.29. The summed E-state index contributed by atoms with van der Waals surface area (Å²) in [6, 6.07) is 8.59. The molecule has 2 aromatic rings. The normalized spacial score (nSPS) is 10.2. The number of aromatic nitrogens is 1. The Balaban J connectivity index is 2.59. The summed E-state index contributed by atoms with van der Waals surface area (Å²) in [6.07, 6.45) is 0.570. The zero-order valence-electron chi connectivity index (χ0n) is 8.29. The van der Waals surface area contributed by atoms with E-state index in [1.807, 2.05) is 0 Å². The number of carboxylic acids is 1. The Hall–Kier alpha value is -2.30. The summed E-state index contributed by atoms with van der Waals surface area (Å²) >= 11 is 0. The van der Waals surface area contributed by atoms with Gasteiger partial charge in [0.25, 0.3) is 0 Å². The molecule has 0 radical (unpaired) electrons. The molecule has 16 heavy (non-hydrogen) atoms. The molecule has 5 nitrogen and oxygen atoms in total. The maximum atomic E-state index is 11.0. The molecule has 1 N–H and O–H groups in total. The van der Waals surface area contributed by atoms with Crippen LogP contribution in [0.2, 0.25) is 0 Å². The second-order valence-electron chi connectivity index (χ2n) is 3.15. The monoisotopic (exact) mass is 219 g/mol. The lowest BCUT2D eigenvalue weighted by atomic mass is 10.2. The van der Waals surface area contributed by atoms with Crippen molar-refractivity contribution in [2.75, 3.05) is 6.61 Å². The molecule has 0 aliphatic rings. The van der Waals surface area contributed by atoms with Crippen LogP contribution in [0.1, 0.15) is 10.5 Å². The van der Waals surface area contributed by atoms with Crippen LogP contribution in [0.4, 0.5) is 0 Å². The standard InChI is InChI=1S/C11H9NO4/c13-5-6-16-12-9-4-2-1-3-8(9)7-10(12)11(14)15/h1-5,7H,6H2,(H,14,15). The lowest BCUT2D eigenvalue weighted by molar-refractivity contribution is -0.111. The van der Waals surface area contributed by atoms with Gasteiger partial charge < -0.3 is 9.94 Å². The smallest absolute Gasteiger partial charge is 0.356 e. The third-order valence-corrected chi connectivity index (χ3v) is 2.16. The molecule has 0 fully saturated rings. The Morgan fingerprint density at radius 1 is 1.44 bits per heavy atom. The maximum Gasteiger partial charge on any atom is 0.356 e. The first-order valence-corrected chi connectivity index (χ1v) is 4.64. The average molecular weight is 219 g/mol. The highest BCUT2D eigenvalue weighted by Gasteiger charge is 2.15. The maximum absolute atomic E-state index is 11.0. The van der Waals surface area contributed by atoms with Crippen LogP contribution in [0.25, 0.3) is 10.9 Å². The molecule has 0 bridgehead atoms. The molecule has 0 aliphatic heterocycles. The molecule has 1 aromatic carbocycles. The molecular weight excluding hydrogens is 210 g/mol. The van der Waals surface area contributed by atoms with Crippen LogP contribution in [0.3, 0.4) is 0 Å². The number of nitrogens with zero attached hydrogens (tertiary/aromatic N) is 1. The van der Waals surface area contributed by atoms with E-state index in [1.54, 1.807) is 24.3 Å². The molecule has 0 atom stereocenters. The number of carbonyl (C=O) groups excluding carboxylic acids is 1. The lowest BCUT2D eigenvalue weighted by Gasteiger charge is -2.06. The first-order valence-electron chi connectivity index (χ1n) is 4.64. The van der Waals surface area contributed by atoms with Crippen LogP contribution in [-0.2, 0) is 4.79 Å². The van der Waals surface area contributed by atoms with Gasteiger partial charge >= 0.3 is 5.97 Å². The van der Waals surface area contributed by atoms with E-state index in [1.165, 1.54) is 6.07 Å². The lowest BCUT2D eigenvalue weighted by Crippen LogP contribution is -2.18. The van der Waals surface area contributed by atoms with E-state index in [0.29, 0.717) is 11.8 Å². The molecule has 2 rings (SSSR count). The van der Waals surface area contributed by atoms with E-state index in [4.69, 9.17) is 9.94 Å². The molecule has 0 saturated carbocycles. The minimum Gasteiger partial charge on any atom is -0.476 e. The van der Waals surface area contributed by atoms with E-state index in [-0.39, 0.29) is 12.3 Å². The van der Waals surface area contributed by atoms with Gasteiger partial charge in [0.2, 0.25) is 0 Å². The summed E-state index contributed by atoms with van der Waals surface area (Å²) in [7, 11) is 0. The van der Waals surface area contributed by atoms with Gasteiger partial charge in [0.05, 0.1) is 5.52 Å². The van der Waals surface area contributed by atoms with E-state index in [9.17, 15) is 9.59 Å². The number of benzene rings is 1. The van der Waals surface area contributed by atoms with Crippen LogP contribution in [-0.4, -0.2) is 28.7 Å². The third kappa shape index (κ3) is 1.63. The number of aldehydes is 1. The molecule has 1 heterocycles. The van der Waals surface area contributed by atoms with Crippen molar-refractivity contribution < 1.29 is 19.5 Å². The van der Waals surface area contributed by atoms with Gasteiger partial charge in [-0.25, -0.2) is 4.79 Å². The fourth-order valence-electron chi connectivity index (χ4n) is 1.52. The Labute approximate surface area is 90.8 Å². The van der Waals surface area contributed by atoms with Gasteiger partial charge in [0.1, 0.15) is 0 Å². The summed E-state index contributed by atoms with van der Waals surface area (Å²) in [5, 5.41) is 9.73. The number of para-hydroxylation sites is 1. The largest absolute Gasteiger partial charge is 0.476 e. The highest BCUT2D eigenvalue weighted by molar-refractivity contribution is 5.94. The van der Waals surface area contributed by atoms with Gasteiger partial charge in [0, 0.05) is 5.39 Å². The number of hydrogen-bond acceptors (Lipinski definition) is 3.